The molecular weight excluding hydrogens is 210 g/mol. The summed E-state index contributed by atoms with van der Waals surface area (Å²) in [5, 5.41) is 0. The van der Waals surface area contributed by atoms with Gasteiger partial charge in [0.2, 0.25) is 0 Å². The van der Waals surface area contributed by atoms with Gasteiger partial charge < -0.3 is 4.74 Å². The summed E-state index contributed by atoms with van der Waals surface area (Å²) in [6.07, 6.45) is 6.55. The van der Waals surface area contributed by atoms with Crippen LogP contribution in [0.15, 0.2) is 53.7 Å². The lowest BCUT2D eigenvalue weighted by Crippen LogP contribution is -2.00. The lowest BCUT2D eigenvalue weighted by molar-refractivity contribution is 0.274. The summed E-state index contributed by atoms with van der Waals surface area (Å²) in [6.45, 7) is 5.81. The minimum absolute atomic E-state index is 0.197. The van der Waals surface area contributed by atoms with E-state index in [1.54, 1.807) is 7.11 Å². The molecule has 0 saturated heterocycles. The van der Waals surface area contributed by atoms with Crippen molar-refractivity contribution >= 4 is 12.3 Å². The molecule has 0 radical (unpaired) electrons. The highest BCUT2D eigenvalue weighted by Gasteiger charge is 1.99. The van der Waals surface area contributed by atoms with Crippen molar-refractivity contribution in [2.45, 2.75) is 19.4 Å². The van der Waals surface area contributed by atoms with Crippen molar-refractivity contribution in [1.82, 2.24) is 0 Å². The van der Waals surface area contributed by atoms with Crippen molar-refractivity contribution < 1.29 is 4.74 Å². The van der Waals surface area contributed by atoms with E-state index in [1.165, 1.54) is 5.56 Å². The van der Waals surface area contributed by atoms with Crippen LogP contribution in [0.1, 0.15) is 18.9 Å². The Kier molecular flexibility index (Phi) is 5.80. The molecule has 2 nitrogen and oxygen atoms in total. The summed E-state index contributed by atoms with van der Waals surface area (Å²) in [5.41, 5.74) is 1.17. The molecule has 1 atom stereocenters. The highest BCUT2D eigenvalue weighted by Crippen LogP contribution is 2.06. The summed E-state index contributed by atoms with van der Waals surface area (Å²) >= 11 is 0. The van der Waals surface area contributed by atoms with Gasteiger partial charge in [-0.15, -0.1) is 0 Å². The second-order valence-electron chi connectivity index (χ2n) is 3.86. The second-order valence-corrected chi connectivity index (χ2v) is 3.86. The molecule has 0 bridgehead atoms. The molecule has 0 spiro atoms. The van der Waals surface area contributed by atoms with E-state index in [0.717, 1.165) is 12.2 Å². The van der Waals surface area contributed by atoms with E-state index in [0.29, 0.717) is 0 Å². The number of aliphatic imine (C=N–C) groups is 1. The maximum absolute atomic E-state index is 5.01. The highest BCUT2D eigenvalue weighted by atomic mass is 16.5. The first-order valence-corrected chi connectivity index (χ1v) is 5.69. The van der Waals surface area contributed by atoms with Crippen LogP contribution >= 0.6 is 0 Å². The molecular formula is C15H19NO. The lowest BCUT2D eigenvalue weighted by Gasteiger charge is -2.06. The quantitative estimate of drug-likeness (QED) is 0.538. The van der Waals surface area contributed by atoms with Gasteiger partial charge in [0.1, 0.15) is 0 Å². The fourth-order valence-electron chi connectivity index (χ4n) is 1.38. The normalized spacial score (nSPS) is 13.1. The summed E-state index contributed by atoms with van der Waals surface area (Å²) in [7, 11) is 1.63. The van der Waals surface area contributed by atoms with Crippen molar-refractivity contribution in [3.63, 3.8) is 0 Å². The first kappa shape index (κ1) is 13.2. The Morgan fingerprint density at radius 2 is 2.12 bits per heavy atom. The van der Waals surface area contributed by atoms with Gasteiger partial charge in [-0.05, 0) is 18.6 Å². The predicted octanol–water partition coefficient (Wildman–Crippen LogP) is 3.71. The molecule has 0 saturated carbocycles. The Balaban J connectivity index is 2.39. The van der Waals surface area contributed by atoms with E-state index in [4.69, 9.17) is 4.74 Å². The Labute approximate surface area is 103 Å². The molecule has 1 aromatic carbocycles. The fourth-order valence-corrected chi connectivity index (χ4v) is 1.38. The number of hydrogen-bond acceptors (Lipinski definition) is 2. The van der Waals surface area contributed by atoms with Gasteiger partial charge in [-0.2, -0.15) is 0 Å². The number of rotatable bonds is 6. The van der Waals surface area contributed by atoms with Gasteiger partial charge in [0, 0.05) is 12.6 Å². The molecule has 0 N–H and O–H groups in total. The van der Waals surface area contributed by atoms with E-state index in [1.807, 2.05) is 43.5 Å². The molecule has 0 fully saturated rings. The maximum Gasteiger partial charge on any atom is 0.0905 e. The summed E-state index contributed by atoms with van der Waals surface area (Å²) in [5.74, 6) is 0.765. The molecule has 0 heterocycles. The lowest BCUT2D eigenvalue weighted by atomic mass is 10.2. The largest absolute Gasteiger partial charge is 0.502 e. The van der Waals surface area contributed by atoms with Crippen molar-refractivity contribution in [3.05, 3.63) is 54.3 Å². The number of ether oxygens (including phenoxy) is 1. The van der Waals surface area contributed by atoms with Crippen LogP contribution in [0.3, 0.4) is 0 Å². The first-order chi connectivity index (χ1) is 8.22. The summed E-state index contributed by atoms with van der Waals surface area (Å²) in [6, 6.07) is 10.3. The highest BCUT2D eigenvalue weighted by molar-refractivity contribution is 5.78. The zero-order chi connectivity index (χ0) is 12.5. The Morgan fingerprint density at radius 1 is 1.41 bits per heavy atom. The van der Waals surface area contributed by atoms with Crippen molar-refractivity contribution in [1.29, 1.82) is 0 Å². The van der Waals surface area contributed by atoms with E-state index in [9.17, 15) is 0 Å². The molecule has 0 aliphatic heterocycles. The van der Waals surface area contributed by atoms with Gasteiger partial charge in [0.25, 0.3) is 0 Å². The maximum atomic E-state index is 5.01. The van der Waals surface area contributed by atoms with Crippen molar-refractivity contribution in [2.75, 3.05) is 7.11 Å². The number of hydrogen-bond donors (Lipinski definition) is 0. The smallest absolute Gasteiger partial charge is 0.0905 e. The number of methoxy groups -OCH3 is 1. The molecule has 0 amide bonds. The second kappa shape index (κ2) is 7.44. The van der Waals surface area contributed by atoms with Crippen LogP contribution in [0.5, 0.6) is 0 Å². The van der Waals surface area contributed by atoms with Crippen LogP contribution in [0.25, 0.3) is 6.08 Å². The minimum atomic E-state index is 0.197. The van der Waals surface area contributed by atoms with Crippen molar-refractivity contribution in [3.8, 4) is 0 Å². The van der Waals surface area contributed by atoms with Gasteiger partial charge in [-0.25, -0.2) is 0 Å². The monoisotopic (exact) mass is 229 g/mol. The fraction of sp³-hybridized carbons (Fsp3) is 0.267. The van der Waals surface area contributed by atoms with Crippen molar-refractivity contribution in [2.24, 2.45) is 4.99 Å². The van der Waals surface area contributed by atoms with E-state index in [-0.39, 0.29) is 6.04 Å². The topological polar surface area (TPSA) is 21.6 Å². The van der Waals surface area contributed by atoms with E-state index < -0.39 is 0 Å². The first-order valence-electron chi connectivity index (χ1n) is 5.69. The Hall–Kier alpha value is -1.83. The van der Waals surface area contributed by atoms with E-state index in [2.05, 4.69) is 23.7 Å². The molecule has 2 heteroatoms. The van der Waals surface area contributed by atoms with Gasteiger partial charge in [-0.3, -0.25) is 4.99 Å². The average molecular weight is 229 g/mol. The SMILES string of the molecule is C=C(CC(C)N=C/C=C/c1ccccc1)OC. The zero-order valence-corrected chi connectivity index (χ0v) is 10.5. The van der Waals surface area contributed by atoms with Crippen LogP contribution < -0.4 is 0 Å². The molecule has 0 aliphatic rings. The van der Waals surface area contributed by atoms with Gasteiger partial charge in [0.05, 0.1) is 18.9 Å². The molecule has 90 valence electrons. The third-order valence-electron chi connectivity index (χ3n) is 2.33. The van der Waals surface area contributed by atoms with Crippen LogP contribution in [0, 0.1) is 0 Å². The van der Waals surface area contributed by atoms with E-state index >= 15 is 0 Å². The minimum Gasteiger partial charge on any atom is -0.502 e. The van der Waals surface area contributed by atoms with Gasteiger partial charge in [0.15, 0.2) is 0 Å². The predicted molar refractivity (Wildman–Crippen MR) is 74.2 cm³/mol. The number of nitrogens with zero attached hydrogens (tertiary/aromatic N) is 1. The number of allylic oxidation sites excluding steroid dienone is 1. The molecule has 1 rings (SSSR count). The average Bonchev–Trinajstić information content (AvgIpc) is 2.36. The van der Waals surface area contributed by atoms with Crippen LogP contribution in [-0.4, -0.2) is 19.4 Å². The van der Waals surface area contributed by atoms with Crippen LogP contribution in [0.2, 0.25) is 0 Å². The summed E-state index contributed by atoms with van der Waals surface area (Å²) in [4.78, 5) is 4.37. The molecule has 1 unspecified atom stereocenters. The standard InChI is InChI=1S/C15H19NO/c1-13(12-14(2)17-3)16-11-7-10-15-8-5-4-6-9-15/h4-11,13H,2,12H2,1,3H3/b10-7+,16-11?. The Bertz CT molecular complexity index is 393. The Morgan fingerprint density at radius 3 is 2.76 bits per heavy atom. The summed E-state index contributed by atoms with van der Waals surface area (Å²) < 4.78 is 5.01. The number of benzene rings is 1. The van der Waals surface area contributed by atoms with Crippen LogP contribution in [0.4, 0.5) is 0 Å². The third-order valence-corrected chi connectivity index (χ3v) is 2.33. The van der Waals surface area contributed by atoms with Gasteiger partial charge >= 0.3 is 0 Å². The molecule has 1 aromatic rings. The zero-order valence-electron chi connectivity index (χ0n) is 10.5. The third kappa shape index (κ3) is 5.71. The molecule has 17 heavy (non-hydrogen) atoms. The van der Waals surface area contributed by atoms with Crippen LogP contribution in [-0.2, 0) is 4.74 Å². The van der Waals surface area contributed by atoms with Gasteiger partial charge in [-0.1, -0.05) is 43.0 Å². The molecule has 0 aliphatic carbocycles. The molecule has 0 aromatic heterocycles.